The number of hydrogen-bond acceptors (Lipinski definition) is 4. The van der Waals surface area contributed by atoms with Gasteiger partial charge in [0.1, 0.15) is 0 Å². The summed E-state index contributed by atoms with van der Waals surface area (Å²) in [6.45, 7) is 1.72. The number of nitro benzene ring substituents is 1. The summed E-state index contributed by atoms with van der Waals surface area (Å²) >= 11 is 0. The molecule has 0 fully saturated rings. The normalized spacial score (nSPS) is 12.8. The van der Waals surface area contributed by atoms with Crippen molar-refractivity contribution >= 4 is 16.7 Å². The molecule has 1 aromatic heterocycles. The number of non-ortho nitro benzene ring substituents is 1. The van der Waals surface area contributed by atoms with E-state index in [2.05, 4.69) is 4.98 Å². The Kier molecular flexibility index (Phi) is 2.68. The van der Waals surface area contributed by atoms with Crippen LogP contribution in [-0.2, 0) is 6.54 Å². The minimum absolute atomic E-state index is 0.0806. The quantitative estimate of drug-likeness (QED) is 0.603. The van der Waals surface area contributed by atoms with Crippen molar-refractivity contribution in [1.82, 2.24) is 9.55 Å². The molecule has 0 unspecified atom stereocenters. The molecule has 1 heterocycles. The molecule has 90 valence electrons. The number of rotatable bonds is 3. The lowest BCUT2D eigenvalue weighted by Gasteiger charge is -2.05. The zero-order chi connectivity index (χ0) is 12.6. The Bertz CT molecular complexity index is 626. The van der Waals surface area contributed by atoms with E-state index in [0.29, 0.717) is 11.0 Å². The van der Waals surface area contributed by atoms with Crippen molar-refractivity contribution in [2.24, 2.45) is 0 Å². The van der Waals surface area contributed by atoms with Crippen molar-refractivity contribution < 1.29 is 10.0 Å². The van der Waals surface area contributed by atoms with Gasteiger partial charge in [0.15, 0.2) is 0 Å². The first-order chi connectivity index (χ1) is 7.99. The molecule has 0 amide bonds. The molecule has 1 atom stereocenters. The number of nitrogens with zero attached hydrogens (tertiary/aromatic N) is 2. The monoisotopic (exact) mass is 237 g/mol. The third kappa shape index (κ3) is 2.04. The first kappa shape index (κ1) is 11.3. The summed E-state index contributed by atoms with van der Waals surface area (Å²) in [6.07, 6.45) is -0.665. The van der Waals surface area contributed by atoms with E-state index in [1.165, 1.54) is 22.8 Å². The van der Waals surface area contributed by atoms with Gasteiger partial charge in [-0.1, -0.05) is 0 Å². The molecule has 0 saturated carbocycles. The highest BCUT2D eigenvalue weighted by atomic mass is 16.6. The molecule has 0 radical (unpaired) electrons. The average Bonchev–Trinajstić information content (AvgIpc) is 2.54. The zero-order valence-corrected chi connectivity index (χ0v) is 9.08. The molecule has 0 spiro atoms. The second-order valence-corrected chi connectivity index (χ2v) is 3.85. The molecule has 0 bridgehead atoms. The number of nitro groups is 1. The van der Waals surface area contributed by atoms with Gasteiger partial charge in [0.05, 0.1) is 28.6 Å². The Morgan fingerprint density at radius 1 is 1.59 bits per heavy atom. The maximum absolute atomic E-state index is 11.6. The molecule has 2 aromatic rings. The standard InChI is InChI=1S/C10H11N3O4/c1-6(14)5-12-9-3-2-7(13(16)17)4-8(9)11-10(12)15/h2-4,6,14H,5H2,1H3,(H,11,15)/t6-/m1/s1. The number of aromatic amines is 1. The van der Waals surface area contributed by atoms with Gasteiger partial charge in [0.2, 0.25) is 0 Å². The van der Waals surface area contributed by atoms with Crippen LogP contribution in [-0.4, -0.2) is 25.7 Å². The highest BCUT2D eigenvalue weighted by molar-refractivity contribution is 5.77. The van der Waals surface area contributed by atoms with Crippen LogP contribution < -0.4 is 5.69 Å². The first-order valence-corrected chi connectivity index (χ1v) is 5.04. The third-order valence-electron chi connectivity index (χ3n) is 2.42. The molecule has 2 N–H and O–H groups in total. The van der Waals surface area contributed by atoms with E-state index in [0.717, 1.165) is 0 Å². The first-order valence-electron chi connectivity index (χ1n) is 5.04. The van der Waals surface area contributed by atoms with Crippen LogP contribution in [0.15, 0.2) is 23.0 Å². The molecule has 2 rings (SSSR count). The Hall–Kier alpha value is -2.15. The lowest BCUT2D eigenvalue weighted by atomic mass is 10.2. The molecule has 0 aliphatic heterocycles. The lowest BCUT2D eigenvalue weighted by molar-refractivity contribution is -0.384. The summed E-state index contributed by atoms with van der Waals surface area (Å²) in [5.74, 6) is 0. The third-order valence-corrected chi connectivity index (χ3v) is 2.42. The summed E-state index contributed by atoms with van der Waals surface area (Å²) in [5.41, 5.74) is 0.468. The number of H-pyrrole nitrogens is 1. The zero-order valence-electron chi connectivity index (χ0n) is 9.08. The fourth-order valence-corrected chi connectivity index (χ4v) is 1.71. The van der Waals surface area contributed by atoms with Crippen molar-refractivity contribution in [2.75, 3.05) is 0 Å². The number of benzene rings is 1. The highest BCUT2D eigenvalue weighted by Crippen LogP contribution is 2.18. The van der Waals surface area contributed by atoms with Crippen molar-refractivity contribution in [3.05, 3.63) is 38.8 Å². The predicted octanol–water partition coefficient (Wildman–Crippen LogP) is 0.619. The lowest BCUT2D eigenvalue weighted by Crippen LogP contribution is -2.22. The van der Waals surface area contributed by atoms with Gasteiger partial charge in [-0.15, -0.1) is 0 Å². The highest BCUT2D eigenvalue weighted by Gasteiger charge is 2.12. The SMILES string of the molecule is C[C@@H](O)Cn1c(=O)[nH]c2cc([N+](=O)[O-])ccc21. The smallest absolute Gasteiger partial charge is 0.326 e. The largest absolute Gasteiger partial charge is 0.392 e. The summed E-state index contributed by atoms with van der Waals surface area (Å²) in [6, 6.07) is 4.12. The van der Waals surface area contributed by atoms with Crippen LogP contribution in [0.1, 0.15) is 6.92 Å². The van der Waals surface area contributed by atoms with E-state index in [1.54, 1.807) is 6.92 Å². The Morgan fingerprint density at radius 3 is 2.88 bits per heavy atom. The minimum atomic E-state index is -0.665. The summed E-state index contributed by atoms with van der Waals surface area (Å²) < 4.78 is 1.35. The molecule has 17 heavy (non-hydrogen) atoms. The van der Waals surface area contributed by atoms with Gasteiger partial charge >= 0.3 is 5.69 Å². The predicted molar refractivity (Wildman–Crippen MR) is 60.9 cm³/mol. The molecule has 0 aliphatic rings. The number of fused-ring (bicyclic) bond motifs is 1. The Balaban J connectivity index is 2.60. The van der Waals surface area contributed by atoms with E-state index < -0.39 is 11.0 Å². The molecule has 0 saturated heterocycles. The van der Waals surface area contributed by atoms with Crippen LogP contribution in [0.2, 0.25) is 0 Å². The van der Waals surface area contributed by atoms with Gasteiger partial charge in [-0.25, -0.2) is 4.79 Å². The van der Waals surface area contributed by atoms with Gasteiger partial charge < -0.3 is 10.1 Å². The molecule has 0 aliphatic carbocycles. The van der Waals surface area contributed by atoms with Crippen LogP contribution in [0.5, 0.6) is 0 Å². The number of imidazole rings is 1. The van der Waals surface area contributed by atoms with E-state index in [1.807, 2.05) is 0 Å². The van der Waals surface area contributed by atoms with Crippen molar-refractivity contribution in [2.45, 2.75) is 19.6 Å². The summed E-state index contributed by atoms with van der Waals surface area (Å²) in [5, 5.41) is 19.8. The van der Waals surface area contributed by atoms with Gasteiger partial charge in [0.25, 0.3) is 5.69 Å². The number of nitrogens with one attached hydrogen (secondary N) is 1. The van der Waals surface area contributed by atoms with Gasteiger partial charge in [-0.05, 0) is 13.0 Å². The molecule has 1 aromatic carbocycles. The minimum Gasteiger partial charge on any atom is -0.392 e. The van der Waals surface area contributed by atoms with Gasteiger partial charge in [-0.2, -0.15) is 0 Å². The topological polar surface area (TPSA) is 101 Å². The molecular formula is C10H11N3O4. The fraction of sp³-hybridized carbons (Fsp3) is 0.300. The van der Waals surface area contributed by atoms with Crippen LogP contribution >= 0.6 is 0 Å². The van der Waals surface area contributed by atoms with Crippen molar-refractivity contribution in [1.29, 1.82) is 0 Å². The van der Waals surface area contributed by atoms with E-state index in [9.17, 15) is 20.0 Å². The fourth-order valence-electron chi connectivity index (χ4n) is 1.71. The number of aromatic nitrogens is 2. The van der Waals surface area contributed by atoms with Crippen LogP contribution in [0.3, 0.4) is 0 Å². The molecular weight excluding hydrogens is 226 g/mol. The summed E-state index contributed by atoms with van der Waals surface area (Å²) in [7, 11) is 0. The van der Waals surface area contributed by atoms with Crippen molar-refractivity contribution in [3.63, 3.8) is 0 Å². The van der Waals surface area contributed by atoms with E-state index in [-0.39, 0.29) is 17.9 Å². The number of aliphatic hydroxyl groups is 1. The number of hydrogen-bond donors (Lipinski definition) is 2. The van der Waals surface area contributed by atoms with Gasteiger partial charge in [0, 0.05) is 12.1 Å². The Morgan fingerprint density at radius 2 is 2.29 bits per heavy atom. The maximum Gasteiger partial charge on any atom is 0.326 e. The van der Waals surface area contributed by atoms with Gasteiger partial charge in [-0.3, -0.25) is 14.7 Å². The van der Waals surface area contributed by atoms with E-state index in [4.69, 9.17) is 0 Å². The maximum atomic E-state index is 11.6. The molecule has 7 heteroatoms. The average molecular weight is 237 g/mol. The molecule has 7 nitrogen and oxygen atoms in total. The van der Waals surface area contributed by atoms with Crippen LogP contribution in [0, 0.1) is 10.1 Å². The van der Waals surface area contributed by atoms with Crippen LogP contribution in [0.4, 0.5) is 5.69 Å². The van der Waals surface area contributed by atoms with E-state index >= 15 is 0 Å². The Labute approximate surface area is 95.5 Å². The number of aliphatic hydroxyl groups excluding tert-OH is 1. The van der Waals surface area contributed by atoms with Crippen LogP contribution in [0.25, 0.3) is 11.0 Å². The van der Waals surface area contributed by atoms with Crippen molar-refractivity contribution in [3.8, 4) is 0 Å². The summed E-state index contributed by atoms with van der Waals surface area (Å²) in [4.78, 5) is 24.2. The second kappa shape index (κ2) is 4.02. The second-order valence-electron chi connectivity index (χ2n) is 3.85.